The van der Waals surface area contributed by atoms with Gasteiger partial charge in [0.2, 0.25) is 5.91 Å². The van der Waals surface area contributed by atoms with Crippen molar-refractivity contribution >= 4 is 23.4 Å². The molecule has 0 atom stereocenters. The molecule has 0 fully saturated rings. The lowest BCUT2D eigenvalue weighted by Crippen LogP contribution is -2.52. The molecule has 2 aromatic carbocycles. The number of rotatable bonds is 7. The molecule has 146 valence electrons. The number of carbonyl (C=O) groups is 2. The second-order valence-corrected chi connectivity index (χ2v) is 6.66. The van der Waals surface area contributed by atoms with Crippen LogP contribution in [0.2, 0.25) is 5.02 Å². The van der Waals surface area contributed by atoms with E-state index in [1.165, 1.54) is 0 Å². The monoisotopic (exact) mass is 399 g/mol. The van der Waals surface area contributed by atoms with Gasteiger partial charge in [-0.15, -0.1) is 0 Å². The van der Waals surface area contributed by atoms with E-state index in [1.807, 2.05) is 32.0 Å². The van der Waals surface area contributed by atoms with Gasteiger partial charge in [0.15, 0.2) is 6.61 Å². The van der Waals surface area contributed by atoms with E-state index in [4.69, 9.17) is 21.6 Å². The number of nitrogens with one attached hydrogen (secondary N) is 2. The highest BCUT2D eigenvalue weighted by Crippen LogP contribution is 2.32. The van der Waals surface area contributed by atoms with Gasteiger partial charge in [-0.1, -0.05) is 37.6 Å². The second-order valence-electron chi connectivity index (χ2n) is 6.22. The van der Waals surface area contributed by atoms with Crippen LogP contribution in [0, 0.1) is 11.3 Å². The highest BCUT2D eigenvalue weighted by Gasteiger charge is 2.37. The lowest BCUT2D eigenvalue weighted by molar-refractivity contribution is -0.133. The molecule has 0 aliphatic carbocycles. The van der Waals surface area contributed by atoms with Crippen LogP contribution >= 0.6 is 11.6 Å². The molecule has 2 N–H and O–H groups in total. The van der Waals surface area contributed by atoms with Gasteiger partial charge in [-0.25, -0.2) is 0 Å². The highest BCUT2D eigenvalue weighted by molar-refractivity contribution is 6.30. The minimum atomic E-state index is -0.772. The van der Waals surface area contributed by atoms with Crippen molar-refractivity contribution in [3.63, 3.8) is 0 Å². The van der Waals surface area contributed by atoms with Gasteiger partial charge in [0.25, 0.3) is 5.91 Å². The third kappa shape index (κ3) is 5.02. The Morgan fingerprint density at radius 2 is 1.64 bits per heavy atom. The predicted octanol–water partition coefficient (Wildman–Crippen LogP) is 3.50. The number of hydrogen-bond acceptors (Lipinski definition) is 4. The summed E-state index contributed by atoms with van der Waals surface area (Å²) in [7, 11) is 0. The molecule has 0 aromatic heterocycles. The van der Waals surface area contributed by atoms with Crippen molar-refractivity contribution in [1.82, 2.24) is 10.9 Å². The van der Waals surface area contributed by atoms with Crippen LogP contribution in [-0.2, 0) is 15.0 Å². The first kappa shape index (κ1) is 21.3. The van der Waals surface area contributed by atoms with Crippen molar-refractivity contribution in [3.05, 3.63) is 64.7 Å². The maximum absolute atomic E-state index is 12.8. The molecule has 0 saturated carbocycles. The average molecular weight is 400 g/mol. The predicted molar refractivity (Wildman–Crippen MR) is 107 cm³/mol. The van der Waals surface area contributed by atoms with Crippen LogP contribution < -0.4 is 15.6 Å². The first-order valence-corrected chi connectivity index (χ1v) is 9.31. The number of nitriles is 1. The fourth-order valence-corrected chi connectivity index (χ4v) is 3.06. The number of benzene rings is 2. The van der Waals surface area contributed by atoms with E-state index in [9.17, 15) is 9.59 Å². The van der Waals surface area contributed by atoms with E-state index < -0.39 is 11.3 Å². The molecule has 2 aromatic rings. The summed E-state index contributed by atoms with van der Waals surface area (Å²) in [4.78, 5) is 24.8. The number of amides is 2. The number of carbonyl (C=O) groups excluding carboxylic acids is 2. The molecule has 0 bridgehead atoms. The summed E-state index contributed by atoms with van der Waals surface area (Å²) in [6.45, 7) is 3.58. The standard InChI is InChI=1S/C21H22ClN3O3/c1-3-21(4-2,16-7-9-17(22)10-8-16)20(27)25-24-19(26)14-28-18-11-5-15(13-23)6-12-18/h5-12H,3-4,14H2,1-2H3,(H,24,26)(H,25,27). The lowest BCUT2D eigenvalue weighted by Gasteiger charge is -2.30. The summed E-state index contributed by atoms with van der Waals surface area (Å²) >= 11 is 5.95. The smallest absolute Gasteiger partial charge is 0.276 e. The maximum atomic E-state index is 12.8. The Bertz CT molecular complexity index is 854. The van der Waals surface area contributed by atoms with E-state index in [1.54, 1.807) is 36.4 Å². The summed E-state index contributed by atoms with van der Waals surface area (Å²) in [5.41, 5.74) is 5.45. The van der Waals surface area contributed by atoms with Crippen LogP contribution in [-0.4, -0.2) is 18.4 Å². The Kier molecular flexibility index (Phi) is 7.42. The molecule has 2 rings (SSSR count). The number of ether oxygens (including phenoxy) is 1. The van der Waals surface area contributed by atoms with Gasteiger partial charge in [0, 0.05) is 5.02 Å². The van der Waals surface area contributed by atoms with Crippen LogP contribution in [0.3, 0.4) is 0 Å². The Balaban J connectivity index is 1.95. The summed E-state index contributed by atoms with van der Waals surface area (Å²) in [5, 5.41) is 9.36. The quantitative estimate of drug-likeness (QED) is 0.697. The van der Waals surface area contributed by atoms with Crippen molar-refractivity contribution in [1.29, 1.82) is 5.26 Å². The van der Waals surface area contributed by atoms with Gasteiger partial charge in [-0.2, -0.15) is 5.26 Å². The first-order valence-electron chi connectivity index (χ1n) is 8.93. The van der Waals surface area contributed by atoms with Gasteiger partial charge in [-0.3, -0.25) is 20.4 Å². The molecule has 28 heavy (non-hydrogen) atoms. The fourth-order valence-electron chi connectivity index (χ4n) is 2.94. The van der Waals surface area contributed by atoms with E-state index in [-0.39, 0.29) is 12.5 Å². The van der Waals surface area contributed by atoms with Crippen LogP contribution in [0.5, 0.6) is 5.75 Å². The Labute approximate surface area is 169 Å². The molecule has 6 nitrogen and oxygen atoms in total. The zero-order valence-corrected chi connectivity index (χ0v) is 16.5. The third-order valence-corrected chi connectivity index (χ3v) is 4.96. The van der Waals surface area contributed by atoms with E-state index in [2.05, 4.69) is 10.9 Å². The lowest BCUT2D eigenvalue weighted by atomic mass is 9.75. The van der Waals surface area contributed by atoms with Crippen molar-refractivity contribution in [3.8, 4) is 11.8 Å². The molecule has 0 aliphatic heterocycles. The molecule has 0 spiro atoms. The SMILES string of the molecule is CCC(CC)(C(=O)NNC(=O)COc1ccc(C#N)cc1)c1ccc(Cl)cc1. The Hall–Kier alpha value is -3.04. The van der Waals surface area contributed by atoms with Gasteiger partial charge in [-0.05, 0) is 54.8 Å². The fraction of sp³-hybridized carbons (Fsp3) is 0.286. The van der Waals surface area contributed by atoms with Gasteiger partial charge < -0.3 is 4.74 Å². The molecule has 0 heterocycles. The van der Waals surface area contributed by atoms with Crippen LogP contribution in [0.25, 0.3) is 0 Å². The Morgan fingerprint density at radius 1 is 1.04 bits per heavy atom. The van der Waals surface area contributed by atoms with E-state index >= 15 is 0 Å². The third-order valence-electron chi connectivity index (χ3n) is 4.71. The van der Waals surface area contributed by atoms with Crippen molar-refractivity contribution < 1.29 is 14.3 Å². The molecular weight excluding hydrogens is 378 g/mol. The Morgan fingerprint density at radius 3 is 2.18 bits per heavy atom. The summed E-state index contributed by atoms with van der Waals surface area (Å²) in [6, 6.07) is 15.5. The topological polar surface area (TPSA) is 91.2 Å². The van der Waals surface area contributed by atoms with E-state index in [0.29, 0.717) is 29.2 Å². The van der Waals surface area contributed by atoms with Gasteiger partial charge >= 0.3 is 0 Å². The summed E-state index contributed by atoms with van der Waals surface area (Å²) in [6.07, 6.45) is 1.13. The highest BCUT2D eigenvalue weighted by atomic mass is 35.5. The molecule has 7 heteroatoms. The number of halogens is 1. The molecule has 0 saturated heterocycles. The summed E-state index contributed by atoms with van der Waals surface area (Å²) in [5.74, 6) is -0.334. The molecular formula is C21H22ClN3O3. The van der Waals surface area contributed by atoms with Crippen molar-refractivity contribution in [2.45, 2.75) is 32.1 Å². The largest absolute Gasteiger partial charge is 0.484 e. The molecule has 2 amide bonds. The van der Waals surface area contributed by atoms with Crippen LogP contribution in [0.1, 0.15) is 37.8 Å². The average Bonchev–Trinajstić information content (AvgIpc) is 2.73. The minimum absolute atomic E-state index is 0.266. The molecule has 0 aliphatic rings. The second kappa shape index (κ2) is 9.77. The summed E-state index contributed by atoms with van der Waals surface area (Å²) < 4.78 is 5.35. The number of nitrogens with zero attached hydrogens (tertiary/aromatic N) is 1. The zero-order chi connectivity index (χ0) is 20.6. The van der Waals surface area contributed by atoms with E-state index in [0.717, 1.165) is 5.56 Å². The minimum Gasteiger partial charge on any atom is -0.484 e. The maximum Gasteiger partial charge on any atom is 0.276 e. The van der Waals surface area contributed by atoms with Crippen LogP contribution in [0.15, 0.2) is 48.5 Å². The number of hydrazine groups is 1. The normalized spacial score (nSPS) is 10.6. The van der Waals surface area contributed by atoms with Gasteiger partial charge in [0.1, 0.15) is 5.75 Å². The molecule has 0 radical (unpaired) electrons. The molecule has 0 unspecified atom stereocenters. The van der Waals surface area contributed by atoms with Crippen molar-refractivity contribution in [2.24, 2.45) is 0 Å². The number of hydrogen-bond donors (Lipinski definition) is 2. The van der Waals surface area contributed by atoms with Crippen LogP contribution in [0.4, 0.5) is 0 Å². The van der Waals surface area contributed by atoms with Gasteiger partial charge in [0.05, 0.1) is 17.0 Å². The first-order chi connectivity index (χ1) is 13.4. The zero-order valence-electron chi connectivity index (χ0n) is 15.8. The van der Waals surface area contributed by atoms with Crippen molar-refractivity contribution in [2.75, 3.05) is 6.61 Å².